The second kappa shape index (κ2) is 6.43. The van der Waals surface area contributed by atoms with Crippen LogP contribution in [0.15, 0.2) is 17.5 Å². The summed E-state index contributed by atoms with van der Waals surface area (Å²) in [6, 6.07) is 3.01. The van der Waals surface area contributed by atoms with E-state index in [1.807, 2.05) is 12.3 Å². The van der Waals surface area contributed by atoms with Crippen molar-refractivity contribution in [3.63, 3.8) is 0 Å². The molecule has 0 radical (unpaired) electrons. The Labute approximate surface area is 130 Å². The maximum Gasteiger partial charge on any atom is 0.251 e. The molecular formula is C13H13Cl2N3OS. The Balaban J connectivity index is 1.95. The molecule has 0 aliphatic carbocycles. The van der Waals surface area contributed by atoms with Crippen LogP contribution in [-0.4, -0.2) is 17.4 Å². The molecule has 0 aliphatic heterocycles. The minimum atomic E-state index is -0.235. The number of nitrogens with one attached hydrogen (secondary N) is 1. The SMILES string of the molecule is Cc1nc(CCNC(=O)c2cc(Cl)c(N)c(Cl)c2)cs1. The molecule has 0 fully saturated rings. The van der Waals surface area contributed by atoms with E-state index in [-0.39, 0.29) is 21.6 Å². The Morgan fingerprint density at radius 3 is 2.60 bits per heavy atom. The largest absolute Gasteiger partial charge is 0.396 e. The fourth-order valence-electron chi connectivity index (χ4n) is 1.64. The van der Waals surface area contributed by atoms with Crippen molar-refractivity contribution in [1.82, 2.24) is 10.3 Å². The Kier molecular flexibility index (Phi) is 4.86. The van der Waals surface area contributed by atoms with E-state index in [0.717, 1.165) is 10.7 Å². The Hall–Kier alpha value is -1.30. The number of anilines is 1. The van der Waals surface area contributed by atoms with Crippen LogP contribution in [0.1, 0.15) is 21.1 Å². The van der Waals surface area contributed by atoms with Gasteiger partial charge in [-0.1, -0.05) is 23.2 Å². The number of carbonyl (C=O) groups excluding carboxylic acids is 1. The lowest BCUT2D eigenvalue weighted by Gasteiger charge is -2.07. The highest BCUT2D eigenvalue weighted by Crippen LogP contribution is 2.28. The average molecular weight is 330 g/mol. The van der Waals surface area contributed by atoms with Gasteiger partial charge in [0, 0.05) is 23.9 Å². The molecule has 106 valence electrons. The molecule has 3 N–H and O–H groups in total. The number of hydrogen-bond acceptors (Lipinski definition) is 4. The Morgan fingerprint density at radius 2 is 2.05 bits per heavy atom. The minimum absolute atomic E-state index is 0.235. The number of rotatable bonds is 4. The molecule has 0 unspecified atom stereocenters. The van der Waals surface area contributed by atoms with Gasteiger partial charge in [-0.3, -0.25) is 4.79 Å². The quantitative estimate of drug-likeness (QED) is 0.845. The number of nitrogens with two attached hydrogens (primary N) is 1. The van der Waals surface area contributed by atoms with Crippen LogP contribution < -0.4 is 11.1 Å². The van der Waals surface area contributed by atoms with Gasteiger partial charge in [0.2, 0.25) is 0 Å². The fraction of sp³-hybridized carbons (Fsp3) is 0.231. The number of amides is 1. The molecule has 0 saturated heterocycles. The third kappa shape index (κ3) is 3.62. The van der Waals surface area contributed by atoms with Gasteiger partial charge in [-0.05, 0) is 19.1 Å². The van der Waals surface area contributed by atoms with E-state index in [2.05, 4.69) is 10.3 Å². The summed E-state index contributed by atoms with van der Waals surface area (Å²) in [4.78, 5) is 16.3. The van der Waals surface area contributed by atoms with Crippen molar-refractivity contribution in [1.29, 1.82) is 0 Å². The van der Waals surface area contributed by atoms with Crippen molar-refractivity contribution >= 4 is 46.1 Å². The van der Waals surface area contributed by atoms with Crippen LogP contribution >= 0.6 is 34.5 Å². The number of halogens is 2. The molecule has 7 heteroatoms. The van der Waals surface area contributed by atoms with E-state index in [4.69, 9.17) is 28.9 Å². The summed E-state index contributed by atoms with van der Waals surface area (Å²) in [7, 11) is 0. The molecule has 1 heterocycles. The minimum Gasteiger partial charge on any atom is -0.396 e. The van der Waals surface area contributed by atoms with E-state index >= 15 is 0 Å². The van der Waals surface area contributed by atoms with Crippen molar-refractivity contribution < 1.29 is 4.79 Å². The van der Waals surface area contributed by atoms with Gasteiger partial charge < -0.3 is 11.1 Å². The molecule has 0 bridgehead atoms. The third-order valence-corrected chi connectivity index (χ3v) is 4.12. The second-order valence-electron chi connectivity index (χ2n) is 4.22. The molecule has 0 aliphatic rings. The number of carbonyl (C=O) groups is 1. The summed E-state index contributed by atoms with van der Waals surface area (Å²) >= 11 is 13.4. The van der Waals surface area contributed by atoms with Gasteiger partial charge in [0.05, 0.1) is 26.4 Å². The summed E-state index contributed by atoms with van der Waals surface area (Å²) < 4.78 is 0. The highest BCUT2D eigenvalue weighted by molar-refractivity contribution is 7.09. The molecule has 0 atom stereocenters. The zero-order chi connectivity index (χ0) is 14.7. The first kappa shape index (κ1) is 15.1. The van der Waals surface area contributed by atoms with Gasteiger partial charge >= 0.3 is 0 Å². The van der Waals surface area contributed by atoms with Crippen molar-refractivity contribution in [2.24, 2.45) is 0 Å². The van der Waals surface area contributed by atoms with Gasteiger partial charge in [0.1, 0.15) is 0 Å². The molecule has 1 aromatic heterocycles. The highest BCUT2D eigenvalue weighted by atomic mass is 35.5. The topological polar surface area (TPSA) is 68.0 Å². The van der Waals surface area contributed by atoms with Crippen molar-refractivity contribution in [2.45, 2.75) is 13.3 Å². The monoisotopic (exact) mass is 329 g/mol. The summed E-state index contributed by atoms with van der Waals surface area (Å²) in [6.45, 7) is 2.45. The first-order valence-electron chi connectivity index (χ1n) is 5.91. The molecule has 1 aromatic carbocycles. The predicted molar refractivity (Wildman–Crippen MR) is 83.8 cm³/mol. The number of nitrogens with zero attached hydrogens (tertiary/aromatic N) is 1. The molecule has 2 aromatic rings. The standard InChI is InChI=1S/C13H13Cl2N3OS/c1-7-18-9(6-20-7)2-3-17-13(19)8-4-10(14)12(16)11(15)5-8/h4-6H,2-3,16H2,1H3,(H,17,19). The van der Waals surface area contributed by atoms with Crippen LogP contribution in [0.3, 0.4) is 0 Å². The number of hydrogen-bond donors (Lipinski definition) is 2. The van der Waals surface area contributed by atoms with Crippen LogP contribution in [0.2, 0.25) is 10.0 Å². The molecule has 2 rings (SSSR count). The van der Waals surface area contributed by atoms with E-state index in [1.165, 1.54) is 12.1 Å². The smallest absolute Gasteiger partial charge is 0.251 e. The predicted octanol–water partition coefficient (Wildman–Crippen LogP) is 3.31. The van der Waals surface area contributed by atoms with Crippen LogP contribution in [-0.2, 0) is 6.42 Å². The van der Waals surface area contributed by atoms with Gasteiger partial charge in [-0.15, -0.1) is 11.3 Å². The van der Waals surface area contributed by atoms with E-state index in [9.17, 15) is 4.79 Å². The van der Waals surface area contributed by atoms with Gasteiger partial charge in [-0.2, -0.15) is 0 Å². The number of aromatic nitrogens is 1. The van der Waals surface area contributed by atoms with Crippen LogP contribution in [0.4, 0.5) is 5.69 Å². The fourth-order valence-corrected chi connectivity index (χ4v) is 2.78. The van der Waals surface area contributed by atoms with E-state index < -0.39 is 0 Å². The van der Waals surface area contributed by atoms with Crippen molar-refractivity contribution in [2.75, 3.05) is 12.3 Å². The number of nitrogen functional groups attached to an aromatic ring is 1. The first-order valence-corrected chi connectivity index (χ1v) is 7.54. The average Bonchev–Trinajstić information content (AvgIpc) is 2.81. The van der Waals surface area contributed by atoms with Crippen molar-refractivity contribution in [3.05, 3.63) is 43.8 Å². The van der Waals surface area contributed by atoms with Crippen LogP contribution in [0.5, 0.6) is 0 Å². The summed E-state index contributed by atoms with van der Waals surface area (Å²) in [5, 5.41) is 6.35. The second-order valence-corrected chi connectivity index (χ2v) is 6.09. The van der Waals surface area contributed by atoms with Gasteiger partial charge in [0.15, 0.2) is 0 Å². The lowest BCUT2D eigenvalue weighted by atomic mass is 10.2. The maximum atomic E-state index is 12.0. The number of thiazole rings is 1. The number of benzene rings is 1. The zero-order valence-corrected chi connectivity index (χ0v) is 13.1. The summed E-state index contributed by atoms with van der Waals surface area (Å²) in [5.41, 5.74) is 7.27. The summed E-state index contributed by atoms with van der Waals surface area (Å²) in [6.07, 6.45) is 0.687. The highest BCUT2D eigenvalue weighted by Gasteiger charge is 2.11. The maximum absolute atomic E-state index is 12.0. The molecule has 1 amide bonds. The van der Waals surface area contributed by atoms with Crippen LogP contribution in [0.25, 0.3) is 0 Å². The van der Waals surface area contributed by atoms with E-state index in [1.54, 1.807) is 11.3 Å². The Bertz CT molecular complexity index is 619. The van der Waals surface area contributed by atoms with Crippen molar-refractivity contribution in [3.8, 4) is 0 Å². The van der Waals surface area contributed by atoms with Crippen LogP contribution in [0, 0.1) is 6.92 Å². The molecule has 0 spiro atoms. The number of aryl methyl sites for hydroxylation is 1. The zero-order valence-electron chi connectivity index (χ0n) is 10.7. The van der Waals surface area contributed by atoms with Gasteiger partial charge in [0.25, 0.3) is 5.91 Å². The molecule has 0 saturated carbocycles. The first-order chi connectivity index (χ1) is 9.47. The molecular weight excluding hydrogens is 317 g/mol. The Morgan fingerprint density at radius 1 is 1.40 bits per heavy atom. The lowest BCUT2D eigenvalue weighted by molar-refractivity contribution is 0.0954. The molecule has 4 nitrogen and oxygen atoms in total. The summed E-state index contributed by atoms with van der Waals surface area (Å²) in [5.74, 6) is -0.235. The van der Waals surface area contributed by atoms with E-state index in [0.29, 0.717) is 18.5 Å². The third-order valence-electron chi connectivity index (χ3n) is 2.67. The van der Waals surface area contributed by atoms with Gasteiger partial charge in [-0.25, -0.2) is 4.98 Å². The normalized spacial score (nSPS) is 10.6. The lowest BCUT2D eigenvalue weighted by Crippen LogP contribution is -2.25. The molecule has 20 heavy (non-hydrogen) atoms.